The van der Waals surface area contributed by atoms with Crippen LogP contribution in [0.25, 0.3) is 11.0 Å². The van der Waals surface area contributed by atoms with Crippen LogP contribution in [0.3, 0.4) is 0 Å². The molecular formula is C17H15ClO. The van der Waals surface area contributed by atoms with Gasteiger partial charge in [-0.2, -0.15) is 0 Å². The Hall–Kier alpha value is -1.73. The highest BCUT2D eigenvalue weighted by molar-refractivity contribution is 6.21. The standard InChI is InChI=1S/C17H15ClO/c1-12-6-8-13(9-7-12)10-16(18)15-11-19-17-5-3-2-4-14(15)17/h2-9,11,16H,10H2,1H3. The highest BCUT2D eigenvalue weighted by Gasteiger charge is 2.14. The zero-order valence-electron chi connectivity index (χ0n) is 10.8. The van der Waals surface area contributed by atoms with Crippen LogP contribution in [0.5, 0.6) is 0 Å². The highest BCUT2D eigenvalue weighted by atomic mass is 35.5. The molecule has 1 aromatic heterocycles. The largest absolute Gasteiger partial charge is 0.464 e. The van der Waals surface area contributed by atoms with Crippen molar-refractivity contribution in [3.63, 3.8) is 0 Å². The number of halogens is 1. The molecule has 0 bridgehead atoms. The molecule has 0 spiro atoms. The Labute approximate surface area is 117 Å². The molecule has 3 rings (SSSR count). The maximum Gasteiger partial charge on any atom is 0.134 e. The Morgan fingerprint density at radius 3 is 2.58 bits per heavy atom. The van der Waals surface area contributed by atoms with Gasteiger partial charge in [-0.1, -0.05) is 48.0 Å². The summed E-state index contributed by atoms with van der Waals surface area (Å²) >= 11 is 6.54. The van der Waals surface area contributed by atoms with Crippen molar-refractivity contribution < 1.29 is 4.42 Å². The molecule has 3 aromatic rings. The number of alkyl halides is 1. The molecule has 1 atom stereocenters. The average molecular weight is 271 g/mol. The van der Waals surface area contributed by atoms with Crippen molar-refractivity contribution in [1.29, 1.82) is 0 Å². The van der Waals surface area contributed by atoms with E-state index in [0.29, 0.717) is 0 Å². The van der Waals surface area contributed by atoms with Crippen molar-refractivity contribution in [2.24, 2.45) is 0 Å². The summed E-state index contributed by atoms with van der Waals surface area (Å²) in [5.41, 5.74) is 4.48. The van der Waals surface area contributed by atoms with Crippen LogP contribution in [-0.4, -0.2) is 0 Å². The van der Waals surface area contributed by atoms with Crippen molar-refractivity contribution in [3.8, 4) is 0 Å². The van der Waals surface area contributed by atoms with Gasteiger partial charge in [-0.25, -0.2) is 0 Å². The van der Waals surface area contributed by atoms with Gasteiger partial charge in [0.15, 0.2) is 0 Å². The Bertz CT molecular complexity index is 682. The van der Waals surface area contributed by atoms with E-state index in [2.05, 4.69) is 37.3 Å². The maximum atomic E-state index is 6.54. The molecule has 19 heavy (non-hydrogen) atoms. The van der Waals surface area contributed by atoms with Gasteiger partial charge in [0.2, 0.25) is 0 Å². The molecular weight excluding hydrogens is 256 g/mol. The van der Waals surface area contributed by atoms with Crippen LogP contribution in [0.4, 0.5) is 0 Å². The predicted molar refractivity (Wildman–Crippen MR) is 79.7 cm³/mol. The minimum Gasteiger partial charge on any atom is -0.464 e. The van der Waals surface area contributed by atoms with E-state index in [0.717, 1.165) is 23.0 Å². The van der Waals surface area contributed by atoms with E-state index in [-0.39, 0.29) is 5.38 Å². The molecule has 0 saturated heterocycles. The molecule has 96 valence electrons. The fraction of sp³-hybridized carbons (Fsp3) is 0.176. The van der Waals surface area contributed by atoms with Gasteiger partial charge >= 0.3 is 0 Å². The molecule has 0 aliphatic heterocycles. The van der Waals surface area contributed by atoms with E-state index < -0.39 is 0 Å². The summed E-state index contributed by atoms with van der Waals surface area (Å²) in [5.74, 6) is 0. The molecule has 1 heterocycles. The van der Waals surface area contributed by atoms with E-state index in [1.807, 2.05) is 18.2 Å². The fourth-order valence-corrected chi connectivity index (χ4v) is 2.63. The molecule has 0 amide bonds. The van der Waals surface area contributed by atoms with Crippen molar-refractivity contribution >= 4 is 22.6 Å². The van der Waals surface area contributed by atoms with Crippen LogP contribution in [0.1, 0.15) is 22.1 Å². The van der Waals surface area contributed by atoms with Crippen LogP contribution in [0.2, 0.25) is 0 Å². The molecule has 2 aromatic carbocycles. The van der Waals surface area contributed by atoms with Gasteiger partial charge in [-0.3, -0.25) is 0 Å². The van der Waals surface area contributed by atoms with Gasteiger partial charge in [0.25, 0.3) is 0 Å². The number of benzene rings is 2. The first kappa shape index (κ1) is 12.3. The summed E-state index contributed by atoms with van der Waals surface area (Å²) in [4.78, 5) is 0. The second-order valence-corrected chi connectivity index (χ2v) is 5.37. The first-order valence-electron chi connectivity index (χ1n) is 6.40. The Kier molecular flexibility index (Phi) is 3.31. The maximum absolute atomic E-state index is 6.54. The summed E-state index contributed by atoms with van der Waals surface area (Å²) in [6, 6.07) is 16.5. The second-order valence-electron chi connectivity index (χ2n) is 4.84. The van der Waals surface area contributed by atoms with Gasteiger partial charge in [-0.15, -0.1) is 11.6 Å². The molecule has 0 N–H and O–H groups in total. The third kappa shape index (κ3) is 2.52. The molecule has 2 heteroatoms. The zero-order valence-corrected chi connectivity index (χ0v) is 11.5. The van der Waals surface area contributed by atoms with Gasteiger partial charge in [0, 0.05) is 10.9 Å². The third-order valence-electron chi connectivity index (χ3n) is 3.38. The van der Waals surface area contributed by atoms with Crippen LogP contribution in [-0.2, 0) is 6.42 Å². The molecule has 1 unspecified atom stereocenters. The van der Waals surface area contributed by atoms with Crippen molar-refractivity contribution in [3.05, 3.63) is 71.5 Å². The number of para-hydroxylation sites is 1. The zero-order chi connectivity index (χ0) is 13.2. The summed E-state index contributed by atoms with van der Waals surface area (Å²) in [6.07, 6.45) is 2.59. The molecule has 0 radical (unpaired) electrons. The Morgan fingerprint density at radius 1 is 1.05 bits per heavy atom. The summed E-state index contributed by atoms with van der Waals surface area (Å²) < 4.78 is 5.54. The molecule has 0 saturated carbocycles. The number of rotatable bonds is 3. The van der Waals surface area contributed by atoms with Crippen LogP contribution in [0, 0.1) is 6.92 Å². The molecule has 0 aliphatic rings. The van der Waals surface area contributed by atoms with Gasteiger partial charge < -0.3 is 4.42 Å². The fourth-order valence-electron chi connectivity index (χ4n) is 2.28. The van der Waals surface area contributed by atoms with E-state index >= 15 is 0 Å². The number of fused-ring (bicyclic) bond motifs is 1. The molecule has 0 fully saturated rings. The summed E-state index contributed by atoms with van der Waals surface area (Å²) in [5, 5.41) is 1.04. The van der Waals surface area contributed by atoms with E-state index in [9.17, 15) is 0 Å². The minimum absolute atomic E-state index is 0.0636. The summed E-state index contributed by atoms with van der Waals surface area (Å²) in [7, 11) is 0. The highest BCUT2D eigenvalue weighted by Crippen LogP contribution is 2.32. The number of hydrogen-bond acceptors (Lipinski definition) is 1. The normalized spacial score (nSPS) is 12.7. The minimum atomic E-state index is -0.0636. The number of aryl methyl sites for hydroxylation is 1. The van der Waals surface area contributed by atoms with Crippen LogP contribution >= 0.6 is 11.6 Å². The van der Waals surface area contributed by atoms with Crippen LogP contribution < -0.4 is 0 Å². The van der Waals surface area contributed by atoms with Crippen molar-refractivity contribution in [2.45, 2.75) is 18.7 Å². The van der Waals surface area contributed by atoms with Gasteiger partial charge in [-0.05, 0) is 25.0 Å². The quantitative estimate of drug-likeness (QED) is 0.592. The summed E-state index contributed by atoms with van der Waals surface area (Å²) in [6.45, 7) is 2.09. The Balaban J connectivity index is 1.87. The SMILES string of the molecule is Cc1ccc(CC(Cl)c2coc3ccccc23)cc1. The first-order chi connectivity index (χ1) is 9.24. The van der Waals surface area contributed by atoms with Crippen LogP contribution in [0.15, 0.2) is 59.2 Å². The monoisotopic (exact) mass is 270 g/mol. The lowest BCUT2D eigenvalue weighted by Crippen LogP contribution is -1.95. The Morgan fingerprint density at radius 2 is 1.79 bits per heavy atom. The topological polar surface area (TPSA) is 13.1 Å². The van der Waals surface area contributed by atoms with Crippen molar-refractivity contribution in [2.75, 3.05) is 0 Å². The average Bonchev–Trinajstić information content (AvgIpc) is 2.85. The second kappa shape index (κ2) is 5.10. The first-order valence-corrected chi connectivity index (χ1v) is 6.83. The lowest BCUT2D eigenvalue weighted by atomic mass is 10.0. The van der Waals surface area contributed by atoms with Gasteiger partial charge in [0.05, 0.1) is 11.6 Å². The predicted octanol–water partition coefficient (Wildman–Crippen LogP) is 5.26. The lowest BCUT2D eigenvalue weighted by Gasteiger charge is -2.08. The number of furan rings is 1. The van der Waals surface area contributed by atoms with Crippen molar-refractivity contribution in [1.82, 2.24) is 0 Å². The molecule has 1 nitrogen and oxygen atoms in total. The lowest BCUT2D eigenvalue weighted by molar-refractivity contribution is 0.609. The smallest absolute Gasteiger partial charge is 0.134 e. The number of hydrogen-bond donors (Lipinski definition) is 0. The third-order valence-corrected chi connectivity index (χ3v) is 3.77. The van der Waals surface area contributed by atoms with E-state index in [4.69, 9.17) is 16.0 Å². The van der Waals surface area contributed by atoms with E-state index in [1.165, 1.54) is 11.1 Å². The van der Waals surface area contributed by atoms with E-state index in [1.54, 1.807) is 6.26 Å². The van der Waals surface area contributed by atoms with Gasteiger partial charge in [0.1, 0.15) is 5.58 Å². The molecule has 0 aliphatic carbocycles.